The van der Waals surface area contributed by atoms with Crippen molar-refractivity contribution >= 4 is 11.6 Å². The number of amides is 1. The van der Waals surface area contributed by atoms with Crippen molar-refractivity contribution in [2.75, 3.05) is 26.6 Å². The number of pyridine rings is 1. The van der Waals surface area contributed by atoms with Gasteiger partial charge in [0.05, 0.1) is 27.9 Å². The SMILES string of the molecule is COc1ccc(CCC(=O)Nc2ccc(Cn3ccccc3=O)cc2)c(OC)c1OC. The Morgan fingerprint density at radius 3 is 2.29 bits per heavy atom. The third-order valence-corrected chi connectivity index (χ3v) is 4.90. The first-order valence-electron chi connectivity index (χ1n) is 9.87. The van der Waals surface area contributed by atoms with E-state index in [1.807, 2.05) is 36.4 Å². The van der Waals surface area contributed by atoms with Crippen molar-refractivity contribution in [2.24, 2.45) is 0 Å². The Hall–Kier alpha value is -3.74. The minimum atomic E-state index is -0.108. The van der Waals surface area contributed by atoms with Gasteiger partial charge in [0.2, 0.25) is 11.7 Å². The second-order valence-electron chi connectivity index (χ2n) is 6.91. The van der Waals surface area contributed by atoms with Gasteiger partial charge in [-0.3, -0.25) is 9.59 Å². The normalized spacial score (nSPS) is 10.4. The van der Waals surface area contributed by atoms with Gasteiger partial charge in [0.15, 0.2) is 11.5 Å². The predicted octanol–water partition coefficient (Wildman–Crippen LogP) is 3.49. The maximum absolute atomic E-state index is 12.4. The number of aromatic nitrogens is 1. The number of hydrogen-bond acceptors (Lipinski definition) is 5. The van der Waals surface area contributed by atoms with Gasteiger partial charge >= 0.3 is 0 Å². The van der Waals surface area contributed by atoms with Gasteiger partial charge in [0.25, 0.3) is 5.56 Å². The molecule has 0 saturated carbocycles. The summed E-state index contributed by atoms with van der Waals surface area (Å²) in [4.78, 5) is 24.3. The molecule has 1 heterocycles. The van der Waals surface area contributed by atoms with E-state index in [0.717, 1.165) is 11.1 Å². The molecule has 3 aromatic rings. The fraction of sp³-hybridized carbons (Fsp3) is 0.250. The Labute approximate surface area is 181 Å². The van der Waals surface area contributed by atoms with Crippen molar-refractivity contribution in [3.8, 4) is 17.2 Å². The summed E-state index contributed by atoms with van der Waals surface area (Å²) in [7, 11) is 4.68. The molecule has 0 unspecified atom stereocenters. The number of nitrogens with zero attached hydrogens (tertiary/aromatic N) is 1. The summed E-state index contributed by atoms with van der Waals surface area (Å²) in [5, 5.41) is 2.90. The fourth-order valence-corrected chi connectivity index (χ4v) is 3.31. The molecule has 0 aliphatic heterocycles. The first-order chi connectivity index (χ1) is 15.0. The van der Waals surface area contributed by atoms with Crippen molar-refractivity contribution in [2.45, 2.75) is 19.4 Å². The van der Waals surface area contributed by atoms with Gasteiger partial charge in [0.1, 0.15) is 0 Å². The van der Waals surface area contributed by atoms with Crippen LogP contribution in [0.2, 0.25) is 0 Å². The molecule has 7 heteroatoms. The highest BCUT2D eigenvalue weighted by Crippen LogP contribution is 2.40. The van der Waals surface area contributed by atoms with Crippen molar-refractivity contribution in [1.29, 1.82) is 0 Å². The Morgan fingerprint density at radius 2 is 1.65 bits per heavy atom. The van der Waals surface area contributed by atoms with Crippen molar-refractivity contribution in [3.63, 3.8) is 0 Å². The molecular formula is C24H26N2O5. The van der Waals surface area contributed by atoms with Gasteiger partial charge in [0, 0.05) is 24.4 Å². The third kappa shape index (κ3) is 5.45. The monoisotopic (exact) mass is 422 g/mol. The lowest BCUT2D eigenvalue weighted by atomic mass is 10.1. The standard InChI is InChI=1S/C24H26N2O5/c1-29-20-13-9-18(23(30-2)24(20)31-3)10-14-21(27)25-19-11-7-17(8-12-19)16-26-15-5-4-6-22(26)28/h4-9,11-13,15H,10,14,16H2,1-3H3,(H,25,27). The lowest BCUT2D eigenvalue weighted by Crippen LogP contribution is -2.18. The molecule has 0 aliphatic rings. The molecule has 31 heavy (non-hydrogen) atoms. The molecule has 1 aromatic heterocycles. The molecule has 0 fully saturated rings. The molecule has 0 radical (unpaired) electrons. The number of benzene rings is 2. The molecule has 0 aliphatic carbocycles. The molecule has 1 amide bonds. The van der Waals surface area contributed by atoms with Crippen molar-refractivity contribution in [1.82, 2.24) is 4.57 Å². The van der Waals surface area contributed by atoms with E-state index in [-0.39, 0.29) is 17.9 Å². The zero-order valence-electron chi connectivity index (χ0n) is 17.9. The van der Waals surface area contributed by atoms with Gasteiger partial charge in [-0.2, -0.15) is 0 Å². The van der Waals surface area contributed by atoms with Crippen molar-refractivity contribution < 1.29 is 19.0 Å². The Kier molecular flexibility index (Phi) is 7.32. The van der Waals surface area contributed by atoms with Crippen LogP contribution in [0, 0.1) is 0 Å². The minimum absolute atomic E-state index is 0.0505. The van der Waals surface area contributed by atoms with E-state index < -0.39 is 0 Å². The molecular weight excluding hydrogens is 396 g/mol. The van der Waals surface area contributed by atoms with E-state index in [9.17, 15) is 9.59 Å². The number of carbonyl (C=O) groups is 1. The van der Waals surface area contributed by atoms with Gasteiger partial charge < -0.3 is 24.1 Å². The summed E-state index contributed by atoms with van der Waals surface area (Å²) in [6, 6.07) is 16.2. The molecule has 0 saturated heterocycles. The highest BCUT2D eigenvalue weighted by molar-refractivity contribution is 5.90. The second-order valence-corrected chi connectivity index (χ2v) is 6.91. The van der Waals surface area contributed by atoms with Crippen molar-refractivity contribution in [3.05, 3.63) is 82.3 Å². The third-order valence-electron chi connectivity index (χ3n) is 4.90. The molecule has 0 atom stereocenters. The van der Waals surface area contributed by atoms with Gasteiger partial charge in [-0.15, -0.1) is 0 Å². The van der Waals surface area contributed by atoms with Crippen LogP contribution in [0.1, 0.15) is 17.5 Å². The lowest BCUT2D eigenvalue weighted by molar-refractivity contribution is -0.116. The summed E-state index contributed by atoms with van der Waals surface area (Å²) in [5.74, 6) is 1.54. The average molecular weight is 422 g/mol. The molecule has 7 nitrogen and oxygen atoms in total. The fourth-order valence-electron chi connectivity index (χ4n) is 3.31. The molecule has 0 spiro atoms. The number of ether oxygens (including phenoxy) is 3. The van der Waals surface area contributed by atoms with Gasteiger partial charge in [-0.25, -0.2) is 0 Å². The summed E-state index contributed by atoms with van der Waals surface area (Å²) < 4.78 is 17.8. The topological polar surface area (TPSA) is 78.8 Å². The van der Waals surface area contributed by atoms with Crippen LogP contribution in [0.4, 0.5) is 5.69 Å². The maximum Gasteiger partial charge on any atom is 0.250 e. The van der Waals surface area contributed by atoms with Gasteiger partial charge in [-0.05, 0) is 41.8 Å². The molecule has 162 valence electrons. The second kappa shape index (κ2) is 10.3. The van der Waals surface area contributed by atoms with Gasteiger partial charge in [-0.1, -0.05) is 24.3 Å². The van der Waals surface area contributed by atoms with Crippen LogP contribution in [0.3, 0.4) is 0 Å². The maximum atomic E-state index is 12.4. The van der Waals surface area contributed by atoms with E-state index >= 15 is 0 Å². The quantitative estimate of drug-likeness (QED) is 0.571. The largest absolute Gasteiger partial charge is 0.493 e. The first-order valence-corrected chi connectivity index (χ1v) is 9.87. The number of methoxy groups -OCH3 is 3. The average Bonchev–Trinajstić information content (AvgIpc) is 2.79. The van der Waals surface area contributed by atoms with Crippen LogP contribution < -0.4 is 25.1 Å². The van der Waals surface area contributed by atoms with Crippen LogP contribution in [0.25, 0.3) is 0 Å². The Bertz CT molecular complexity index is 1090. The van der Waals surface area contributed by atoms with E-state index in [0.29, 0.717) is 35.9 Å². The van der Waals surface area contributed by atoms with Crippen LogP contribution in [-0.2, 0) is 17.8 Å². The highest BCUT2D eigenvalue weighted by atomic mass is 16.5. The predicted molar refractivity (Wildman–Crippen MR) is 119 cm³/mol. The first kappa shape index (κ1) is 22.0. The van der Waals surface area contributed by atoms with E-state index in [4.69, 9.17) is 14.2 Å². The zero-order chi connectivity index (χ0) is 22.2. The van der Waals surface area contributed by atoms with Crippen LogP contribution in [0.15, 0.2) is 65.6 Å². The number of nitrogens with one attached hydrogen (secondary N) is 1. The molecule has 0 bridgehead atoms. The molecule has 3 rings (SSSR count). The Balaban J connectivity index is 1.60. The number of carbonyl (C=O) groups excluding carboxylic acids is 1. The number of rotatable bonds is 9. The number of anilines is 1. The minimum Gasteiger partial charge on any atom is -0.493 e. The van der Waals surface area contributed by atoms with E-state index in [2.05, 4.69) is 5.32 Å². The lowest BCUT2D eigenvalue weighted by Gasteiger charge is -2.15. The van der Waals surface area contributed by atoms with Crippen LogP contribution in [-0.4, -0.2) is 31.8 Å². The van der Waals surface area contributed by atoms with E-state index in [1.54, 1.807) is 44.2 Å². The highest BCUT2D eigenvalue weighted by Gasteiger charge is 2.16. The summed E-state index contributed by atoms with van der Waals surface area (Å²) in [5.41, 5.74) is 2.49. The molecule has 2 aromatic carbocycles. The van der Waals surface area contributed by atoms with Crippen LogP contribution >= 0.6 is 0 Å². The Morgan fingerprint density at radius 1 is 0.903 bits per heavy atom. The van der Waals surface area contributed by atoms with Crippen LogP contribution in [0.5, 0.6) is 17.2 Å². The molecule has 1 N–H and O–H groups in total. The number of hydrogen-bond donors (Lipinski definition) is 1. The van der Waals surface area contributed by atoms with E-state index in [1.165, 1.54) is 6.07 Å². The summed E-state index contributed by atoms with van der Waals surface area (Å²) >= 11 is 0. The number of aryl methyl sites for hydroxylation is 1. The summed E-state index contributed by atoms with van der Waals surface area (Å²) in [6.07, 6.45) is 2.53. The summed E-state index contributed by atoms with van der Waals surface area (Å²) in [6.45, 7) is 0.479. The zero-order valence-corrected chi connectivity index (χ0v) is 17.9. The smallest absolute Gasteiger partial charge is 0.250 e.